The van der Waals surface area contributed by atoms with Gasteiger partial charge in [0.2, 0.25) is 0 Å². The van der Waals surface area contributed by atoms with Crippen molar-refractivity contribution < 1.29 is 14.6 Å². The van der Waals surface area contributed by atoms with Crippen molar-refractivity contribution >= 4 is 28.9 Å². The molecule has 4 nitrogen and oxygen atoms in total. The molecule has 1 aromatic carbocycles. The standard InChI is InChI=1S/C15H16ClNO3S/c1-10-13(5-6-15(18)19)21-14(17-10)7-8-20-12-4-2-3-11(16)9-12/h2-4,9H,5-8H2,1H3,(H,18,19). The fourth-order valence-corrected chi connectivity index (χ4v) is 3.09. The number of nitrogens with zero attached hydrogens (tertiary/aromatic N) is 1. The highest BCUT2D eigenvalue weighted by molar-refractivity contribution is 7.11. The van der Waals surface area contributed by atoms with Gasteiger partial charge in [-0.2, -0.15) is 0 Å². The van der Waals surface area contributed by atoms with Crippen molar-refractivity contribution in [3.8, 4) is 5.75 Å². The van der Waals surface area contributed by atoms with E-state index in [1.807, 2.05) is 19.1 Å². The third-order valence-corrected chi connectivity index (χ3v) is 4.40. The van der Waals surface area contributed by atoms with E-state index in [4.69, 9.17) is 21.4 Å². The maximum Gasteiger partial charge on any atom is 0.303 e. The number of carbonyl (C=O) groups is 1. The summed E-state index contributed by atoms with van der Waals surface area (Å²) in [6, 6.07) is 7.27. The normalized spacial score (nSPS) is 10.6. The Morgan fingerprint density at radius 2 is 2.24 bits per heavy atom. The van der Waals surface area contributed by atoms with Gasteiger partial charge in [0.1, 0.15) is 5.75 Å². The first-order valence-corrected chi connectivity index (χ1v) is 7.79. The molecule has 21 heavy (non-hydrogen) atoms. The summed E-state index contributed by atoms with van der Waals surface area (Å²) in [5.74, 6) is -0.0458. The zero-order chi connectivity index (χ0) is 15.2. The molecule has 0 fully saturated rings. The Morgan fingerprint density at radius 1 is 1.43 bits per heavy atom. The van der Waals surface area contributed by atoms with Crippen LogP contribution in [0.3, 0.4) is 0 Å². The molecule has 0 saturated heterocycles. The summed E-state index contributed by atoms with van der Waals surface area (Å²) >= 11 is 7.45. The Morgan fingerprint density at radius 3 is 2.95 bits per heavy atom. The minimum atomic E-state index is -0.784. The Hall–Kier alpha value is -1.59. The summed E-state index contributed by atoms with van der Waals surface area (Å²) in [5.41, 5.74) is 0.916. The molecule has 0 spiro atoms. The van der Waals surface area contributed by atoms with Crippen LogP contribution in [-0.2, 0) is 17.6 Å². The third kappa shape index (κ3) is 5.02. The van der Waals surface area contributed by atoms with Crippen LogP contribution in [0.4, 0.5) is 0 Å². The highest BCUT2D eigenvalue weighted by Gasteiger charge is 2.09. The van der Waals surface area contributed by atoms with Crippen molar-refractivity contribution in [1.29, 1.82) is 0 Å². The highest BCUT2D eigenvalue weighted by Crippen LogP contribution is 2.21. The Bertz CT molecular complexity index is 627. The van der Waals surface area contributed by atoms with E-state index >= 15 is 0 Å². The molecule has 0 aliphatic rings. The largest absolute Gasteiger partial charge is 0.493 e. The topological polar surface area (TPSA) is 59.4 Å². The molecule has 0 bridgehead atoms. The lowest BCUT2D eigenvalue weighted by Crippen LogP contribution is -2.00. The van der Waals surface area contributed by atoms with E-state index in [0.29, 0.717) is 24.5 Å². The molecule has 0 aliphatic heterocycles. The van der Waals surface area contributed by atoms with Crippen molar-refractivity contribution in [2.75, 3.05) is 6.61 Å². The number of aromatic nitrogens is 1. The lowest BCUT2D eigenvalue weighted by atomic mass is 10.2. The summed E-state index contributed by atoms with van der Waals surface area (Å²) in [7, 11) is 0. The average molecular weight is 326 g/mol. The number of carboxylic acids is 1. The van der Waals surface area contributed by atoms with Crippen molar-refractivity contribution in [1.82, 2.24) is 4.98 Å². The smallest absolute Gasteiger partial charge is 0.303 e. The number of carboxylic acid groups (broad SMARTS) is 1. The van der Waals surface area contributed by atoms with E-state index in [1.165, 1.54) is 0 Å². The first-order chi connectivity index (χ1) is 10.0. The number of aliphatic carboxylic acids is 1. The van der Waals surface area contributed by atoms with Gasteiger partial charge in [0.25, 0.3) is 0 Å². The maximum absolute atomic E-state index is 10.6. The fourth-order valence-electron chi connectivity index (χ4n) is 1.86. The molecule has 0 unspecified atom stereocenters. The van der Waals surface area contributed by atoms with Gasteiger partial charge in [-0.25, -0.2) is 4.98 Å². The van der Waals surface area contributed by atoms with E-state index in [9.17, 15) is 4.79 Å². The fraction of sp³-hybridized carbons (Fsp3) is 0.333. The summed E-state index contributed by atoms with van der Waals surface area (Å²) < 4.78 is 5.63. The van der Waals surface area contributed by atoms with Crippen LogP contribution in [0.15, 0.2) is 24.3 Å². The van der Waals surface area contributed by atoms with Crippen LogP contribution in [0.5, 0.6) is 5.75 Å². The van der Waals surface area contributed by atoms with E-state index < -0.39 is 5.97 Å². The molecule has 6 heteroatoms. The number of ether oxygens (including phenoxy) is 1. The lowest BCUT2D eigenvalue weighted by molar-refractivity contribution is -0.136. The lowest BCUT2D eigenvalue weighted by Gasteiger charge is -2.04. The predicted octanol–water partition coefficient (Wildman–Crippen LogP) is 3.74. The second kappa shape index (κ2) is 7.43. The van der Waals surface area contributed by atoms with E-state index in [2.05, 4.69) is 4.98 Å². The number of benzene rings is 1. The van der Waals surface area contributed by atoms with Gasteiger partial charge in [-0.3, -0.25) is 4.79 Å². The van der Waals surface area contributed by atoms with Crippen LogP contribution in [0.2, 0.25) is 5.02 Å². The molecule has 1 aromatic heterocycles. The zero-order valence-corrected chi connectivity index (χ0v) is 13.2. The van der Waals surface area contributed by atoms with Crippen LogP contribution in [0.1, 0.15) is 22.0 Å². The van der Waals surface area contributed by atoms with E-state index in [0.717, 1.165) is 21.3 Å². The summed E-state index contributed by atoms with van der Waals surface area (Å²) in [5, 5.41) is 10.3. The molecule has 2 aromatic rings. The molecule has 1 heterocycles. The molecule has 0 amide bonds. The molecule has 112 valence electrons. The second-order valence-electron chi connectivity index (χ2n) is 4.57. The van der Waals surface area contributed by atoms with Crippen molar-refractivity contribution in [3.63, 3.8) is 0 Å². The van der Waals surface area contributed by atoms with E-state index in [-0.39, 0.29) is 6.42 Å². The summed E-state index contributed by atoms with van der Waals surface area (Å²) in [6.45, 7) is 2.43. The average Bonchev–Trinajstić information content (AvgIpc) is 2.77. The van der Waals surface area contributed by atoms with Crippen molar-refractivity contribution in [2.45, 2.75) is 26.2 Å². The minimum Gasteiger partial charge on any atom is -0.493 e. The summed E-state index contributed by atoms with van der Waals surface area (Å²) in [6.07, 6.45) is 1.38. The van der Waals surface area contributed by atoms with Gasteiger partial charge < -0.3 is 9.84 Å². The van der Waals surface area contributed by atoms with Gasteiger partial charge in [-0.15, -0.1) is 11.3 Å². The predicted molar refractivity (Wildman–Crippen MR) is 83.5 cm³/mol. The SMILES string of the molecule is Cc1nc(CCOc2cccc(Cl)c2)sc1CCC(=O)O. The van der Waals surface area contributed by atoms with Crippen LogP contribution in [0, 0.1) is 6.92 Å². The van der Waals surface area contributed by atoms with Crippen LogP contribution in [-0.4, -0.2) is 22.7 Å². The van der Waals surface area contributed by atoms with Crippen LogP contribution < -0.4 is 4.74 Å². The molecular weight excluding hydrogens is 310 g/mol. The molecular formula is C15H16ClNO3S. The molecule has 0 aliphatic carbocycles. The van der Waals surface area contributed by atoms with Crippen LogP contribution in [0.25, 0.3) is 0 Å². The Labute approximate surface area is 132 Å². The maximum atomic E-state index is 10.6. The quantitative estimate of drug-likeness (QED) is 0.842. The van der Waals surface area contributed by atoms with Gasteiger partial charge in [-0.1, -0.05) is 17.7 Å². The van der Waals surface area contributed by atoms with Gasteiger partial charge in [0, 0.05) is 16.3 Å². The number of rotatable bonds is 7. The highest BCUT2D eigenvalue weighted by atomic mass is 35.5. The molecule has 0 atom stereocenters. The number of halogens is 1. The molecule has 2 rings (SSSR count). The zero-order valence-electron chi connectivity index (χ0n) is 11.6. The second-order valence-corrected chi connectivity index (χ2v) is 6.17. The number of thiazole rings is 1. The van der Waals surface area contributed by atoms with Gasteiger partial charge >= 0.3 is 5.97 Å². The first-order valence-electron chi connectivity index (χ1n) is 6.60. The Kier molecular flexibility index (Phi) is 5.59. The molecule has 0 radical (unpaired) electrons. The molecule has 1 N–H and O–H groups in total. The van der Waals surface area contributed by atoms with Gasteiger partial charge in [0.05, 0.1) is 23.7 Å². The minimum absolute atomic E-state index is 0.140. The summed E-state index contributed by atoms with van der Waals surface area (Å²) in [4.78, 5) is 16.1. The molecule has 0 saturated carbocycles. The van der Waals surface area contributed by atoms with Crippen molar-refractivity contribution in [2.24, 2.45) is 0 Å². The number of hydrogen-bond donors (Lipinski definition) is 1. The number of aryl methyl sites for hydroxylation is 2. The number of hydrogen-bond acceptors (Lipinski definition) is 4. The first kappa shape index (κ1) is 15.8. The monoisotopic (exact) mass is 325 g/mol. The van der Waals surface area contributed by atoms with E-state index in [1.54, 1.807) is 23.5 Å². The Balaban J connectivity index is 1.86. The van der Waals surface area contributed by atoms with Crippen molar-refractivity contribution in [3.05, 3.63) is 44.9 Å². The third-order valence-electron chi connectivity index (χ3n) is 2.88. The van der Waals surface area contributed by atoms with Crippen LogP contribution >= 0.6 is 22.9 Å². The van der Waals surface area contributed by atoms with Gasteiger partial charge in [0.15, 0.2) is 0 Å². The van der Waals surface area contributed by atoms with Gasteiger partial charge in [-0.05, 0) is 31.5 Å².